The van der Waals surface area contributed by atoms with E-state index in [2.05, 4.69) is 32.4 Å². The Morgan fingerprint density at radius 1 is 1.33 bits per heavy atom. The summed E-state index contributed by atoms with van der Waals surface area (Å²) in [4.78, 5) is 18.5. The van der Waals surface area contributed by atoms with Crippen LogP contribution in [-0.4, -0.2) is 53.4 Å². The van der Waals surface area contributed by atoms with Crippen molar-refractivity contribution >= 4 is 11.9 Å². The van der Waals surface area contributed by atoms with Crippen LogP contribution >= 0.6 is 0 Å². The lowest BCUT2D eigenvalue weighted by Gasteiger charge is -2.33. The van der Waals surface area contributed by atoms with Gasteiger partial charge in [-0.15, -0.1) is 0 Å². The molecule has 1 aliphatic rings. The standard InChI is InChI=1S/C20H27N5O2/c1-3-27-19(26)17-8-12-24(13-9-17)20(21-2)22-15-16-6-4-7-18(14-16)25-11-5-10-23-25/h4-7,10-11,14,17H,3,8-9,12-13,15H2,1-2H3,(H,21,22). The van der Waals surface area contributed by atoms with E-state index in [1.165, 1.54) is 0 Å². The Bertz CT molecular complexity index is 764. The Morgan fingerprint density at radius 3 is 2.81 bits per heavy atom. The molecule has 0 saturated carbocycles. The van der Waals surface area contributed by atoms with Gasteiger partial charge < -0.3 is 15.0 Å². The Labute approximate surface area is 160 Å². The number of nitrogens with zero attached hydrogens (tertiary/aromatic N) is 4. The highest BCUT2D eigenvalue weighted by Crippen LogP contribution is 2.19. The number of aliphatic imine (C=N–C) groups is 1. The van der Waals surface area contributed by atoms with E-state index in [9.17, 15) is 4.79 Å². The van der Waals surface area contributed by atoms with E-state index in [0.717, 1.165) is 43.1 Å². The van der Waals surface area contributed by atoms with Gasteiger partial charge in [0, 0.05) is 39.1 Å². The number of aromatic nitrogens is 2. The molecule has 2 heterocycles. The number of esters is 1. The molecular weight excluding hydrogens is 342 g/mol. The third-order valence-corrected chi connectivity index (χ3v) is 4.76. The molecule has 0 aliphatic carbocycles. The Kier molecular flexibility index (Phi) is 6.46. The summed E-state index contributed by atoms with van der Waals surface area (Å²) >= 11 is 0. The quantitative estimate of drug-likeness (QED) is 0.497. The van der Waals surface area contributed by atoms with Crippen LogP contribution in [0.25, 0.3) is 5.69 Å². The van der Waals surface area contributed by atoms with Crippen LogP contribution in [-0.2, 0) is 16.1 Å². The zero-order valence-corrected chi connectivity index (χ0v) is 16.0. The maximum atomic E-state index is 11.9. The fraction of sp³-hybridized carbons (Fsp3) is 0.450. The number of carbonyl (C=O) groups excluding carboxylic acids is 1. The number of carbonyl (C=O) groups is 1. The molecule has 27 heavy (non-hydrogen) atoms. The van der Waals surface area contributed by atoms with Gasteiger partial charge in [0.1, 0.15) is 0 Å². The molecule has 0 radical (unpaired) electrons. The molecule has 7 nitrogen and oxygen atoms in total. The first-order valence-electron chi connectivity index (χ1n) is 9.42. The van der Waals surface area contributed by atoms with E-state index in [1.807, 2.05) is 36.0 Å². The maximum Gasteiger partial charge on any atom is 0.309 e. The fourth-order valence-corrected chi connectivity index (χ4v) is 3.33. The molecule has 3 rings (SSSR count). The minimum absolute atomic E-state index is 0.00468. The average Bonchev–Trinajstić information content (AvgIpc) is 3.24. The molecule has 0 atom stereocenters. The van der Waals surface area contributed by atoms with Crippen LogP contribution in [0, 0.1) is 5.92 Å². The highest BCUT2D eigenvalue weighted by Gasteiger charge is 2.27. The first-order valence-corrected chi connectivity index (χ1v) is 9.42. The van der Waals surface area contributed by atoms with Gasteiger partial charge in [-0.05, 0) is 43.5 Å². The molecule has 2 aromatic rings. The lowest BCUT2D eigenvalue weighted by Crippen LogP contribution is -2.46. The number of ether oxygens (including phenoxy) is 1. The molecular formula is C20H27N5O2. The van der Waals surface area contributed by atoms with Gasteiger partial charge in [0.15, 0.2) is 5.96 Å². The summed E-state index contributed by atoms with van der Waals surface area (Å²) in [5.41, 5.74) is 2.19. The van der Waals surface area contributed by atoms with Crippen LogP contribution in [0.5, 0.6) is 0 Å². The van der Waals surface area contributed by atoms with E-state index in [-0.39, 0.29) is 11.9 Å². The zero-order chi connectivity index (χ0) is 19.1. The summed E-state index contributed by atoms with van der Waals surface area (Å²) < 4.78 is 6.99. The topological polar surface area (TPSA) is 71.8 Å². The van der Waals surface area contributed by atoms with Crippen molar-refractivity contribution in [2.24, 2.45) is 10.9 Å². The van der Waals surface area contributed by atoms with Crippen molar-refractivity contribution < 1.29 is 9.53 Å². The third-order valence-electron chi connectivity index (χ3n) is 4.76. The first kappa shape index (κ1) is 18.9. The van der Waals surface area contributed by atoms with Crippen molar-refractivity contribution in [3.8, 4) is 5.69 Å². The molecule has 0 amide bonds. The SMILES string of the molecule is CCOC(=O)C1CCN(C(=NC)NCc2cccc(-n3cccn3)c2)CC1. The maximum absolute atomic E-state index is 11.9. The monoisotopic (exact) mass is 369 g/mol. The van der Waals surface area contributed by atoms with Gasteiger partial charge in [-0.3, -0.25) is 9.79 Å². The van der Waals surface area contributed by atoms with Crippen LogP contribution in [0.3, 0.4) is 0 Å². The number of hydrogen-bond donors (Lipinski definition) is 1. The molecule has 1 saturated heterocycles. The molecule has 144 valence electrons. The van der Waals surface area contributed by atoms with E-state index in [1.54, 1.807) is 13.2 Å². The summed E-state index contributed by atoms with van der Waals surface area (Å²) in [5, 5.41) is 7.70. The summed E-state index contributed by atoms with van der Waals surface area (Å²) in [6, 6.07) is 10.2. The number of rotatable bonds is 5. The number of guanidine groups is 1. The zero-order valence-electron chi connectivity index (χ0n) is 16.0. The summed E-state index contributed by atoms with van der Waals surface area (Å²) in [6.07, 6.45) is 5.30. The van der Waals surface area contributed by atoms with Gasteiger partial charge in [0.05, 0.1) is 18.2 Å². The molecule has 1 aromatic carbocycles. The molecule has 1 aliphatic heterocycles. The summed E-state index contributed by atoms with van der Waals surface area (Å²) in [5.74, 6) is 0.794. The van der Waals surface area contributed by atoms with Crippen molar-refractivity contribution in [1.82, 2.24) is 20.0 Å². The summed E-state index contributed by atoms with van der Waals surface area (Å²) in [7, 11) is 1.79. The van der Waals surface area contributed by atoms with Crippen LogP contribution in [0.2, 0.25) is 0 Å². The summed E-state index contributed by atoms with van der Waals surface area (Å²) in [6.45, 7) is 4.58. The van der Waals surface area contributed by atoms with Crippen LogP contribution in [0.1, 0.15) is 25.3 Å². The predicted octanol–water partition coefficient (Wildman–Crippen LogP) is 2.22. The van der Waals surface area contributed by atoms with Crippen LogP contribution in [0.4, 0.5) is 0 Å². The first-order chi connectivity index (χ1) is 13.2. The van der Waals surface area contributed by atoms with E-state index >= 15 is 0 Å². The highest BCUT2D eigenvalue weighted by molar-refractivity contribution is 5.80. The van der Waals surface area contributed by atoms with Crippen molar-refractivity contribution in [1.29, 1.82) is 0 Å². The number of nitrogens with one attached hydrogen (secondary N) is 1. The van der Waals surface area contributed by atoms with Gasteiger partial charge in [-0.1, -0.05) is 12.1 Å². The van der Waals surface area contributed by atoms with Gasteiger partial charge in [0.25, 0.3) is 0 Å². The molecule has 1 fully saturated rings. The Hall–Kier alpha value is -2.83. The van der Waals surface area contributed by atoms with Crippen LogP contribution in [0.15, 0.2) is 47.7 Å². The Morgan fingerprint density at radius 2 is 2.15 bits per heavy atom. The second-order valence-electron chi connectivity index (χ2n) is 6.53. The third kappa shape index (κ3) is 4.87. The highest BCUT2D eigenvalue weighted by atomic mass is 16.5. The molecule has 0 unspecified atom stereocenters. The minimum Gasteiger partial charge on any atom is -0.466 e. The lowest BCUT2D eigenvalue weighted by molar-refractivity contribution is -0.149. The minimum atomic E-state index is -0.0736. The van der Waals surface area contributed by atoms with E-state index in [4.69, 9.17) is 4.74 Å². The van der Waals surface area contributed by atoms with Crippen molar-refractivity contribution in [2.75, 3.05) is 26.7 Å². The molecule has 0 spiro atoms. The second kappa shape index (κ2) is 9.21. The molecule has 1 aromatic heterocycles. The predicted molar refractivity (Wildman–Crippen MR) is 105 cm³/mol. The van der Waals surface area contributed by atoms with Gasteiger partial charge in [-0.25, -0.2) is 4.68 Å². The number of likely N-dealkylation sites (tertiary alicyclic amines) is 1. The largest absolute Gasteiger partial charge is 0.466 e. The lowest BCUT2D eigenvalue weighted by atomic mass is 9.97. The fourth-order valence-electron chi connectivity index (χ4n) is 3.33. The Balaban J connectivity index is 1.54. The number of benzene rings is 1. The molecule has 0 bridgehead atoms. The second-order valence-corrected chi connectivity index (χ2v) is 6.53. The normalized spacial score (nSPS) is 15.6. The van der Waals surface area contributed by atoms with Gasteiger partial charge in [-0.2, -0.15) is 5.10 Å². The molecule has 1 N–H and O–H groups in total. The smallest absolute Gasteiger partial charge is 0.309 e. The van der Waals surface area contributed by atoms with E-state index in [0.29, 0.717) is 13.2 Å². The van der Waals surface area contributed by atoms with Crippen molar-refractivity contribution in [2.45, 2.75) is 26.3 Å². The van der Waals surface area contributed by atoms with Crippen molar-refractivity contribution in [3.63, 3.8) is 0 Å². The van der Waals surface area contributed by atoms with Gasteiger partial charge in [0.2, 0.25) is 0 Å². The molecule has 7 heteroatoms. The van der Waals surface area contributed by atoms with Crippen molar-refractivity contribution in [3.05, 3.63) is 48.3 Å². The van der Waals surface area contributed by atoms with Gasteiger partial charge >= 0.3 is 5.97 Å². The number of hydrogen-bond acceptors (Lipinski definition) is 4. The van der Waals surface area contributed by atoms with E-state index < -0.39 is 0 Å². The average molecular weight is 369 g/mol. The van der Waals surface area contributed by atoms with Crippen LogP contribution < -0.4 is 5.32 Å². The number of piperidine rings is 1.